The van der Waals surface area contributed by atoms with Gasteiger partial charge < -0.3 is 4.42 Å². The molecule has 92 valence electrons. The van der Waals surface area contributed by atoms with Crippen molar-refractivity contribution in [2.24, 2.45) is 0 Å². The number of benzene rings is 1. The van der Waals surface area contributed by atoms with E-state index in [-0.39, 0.29) is 11.0 Å². The molecule has 0 aliphatic heterocycles. The van der Waals surface area contributed by atoms with Gasteiger partial charge in [-0.1, -0.05) is 32.9 Å². The summed E-state index contributed by atoms with van der Waals surface area (Å²) in [6.07, 6.45) is -2.97. The normalized spacial score (nSPS) is 13.3. The van der Waals surface area contributed by atoms with E-state index in [1.807, 2.05) is 20.8 Å². The highest BCUT2D eigenvalue weighted by Crippen LogP contribution is 2.39. The predicted octanol–water partition coefficient (Wildman–Crippen LogP) is 4.75. The molecule has 0 N–H and O–H groups in total. The number of rotatable bonds is 0. The van der Waals surface area contributed by atoms with Gasteiger partial charge in [0.25, 0.3) is 0 Å². The van der Waals surface area contributed by atoms with Gasteiger partial charge in [0.2, 0.25) is 0 Å². The minimum absolute atomic E-state index is 0.0788. The Balaban J connectivity index is 2.74. The Morgan fingerprint density at radius 1 is 1.00 bits per heavy atom. The zero-order valence-corrected chi connectivity index (χ0v) is 9.85. The number of hydrogen-bond donors (Lipinski definition) is 0. The second-order valence-electron chi connectivity index (χ2n) is 5.08. The third kappa shape index (κ3) is 2.04. The third-order valence-corrected chi connectivity index (χ3v) is 2.71. The fraction of sp³-hybridized carbons (Fsp3) is 0.385. The van der Waals surface area contributed by atoms with Crippen LogP contribution < -0.4 is 0 Å². The molecule has 0 radical (unpaired) electrons. The van der Waals surface area contributed by atoms with E-state index in [1.54, 1.807) is 6.07 Å². The Kier molecular flexibility index (Phi) is 2.49. The zero-order valence-electron chi connectivity index (χ0n) is 9.85. The highest BCUT2D eigenvalue weighted by atomic mass is 19.4. The van der Waals surface area contributed by atoms with E-state index in [1.165, 1.54) is 12.3 Å². The molecule has 1 heterocycles. The molecule has 2 rings (SSSR count). The second-order valence-corrected chi connectivity index (χ2v) is 5.08. The van der Waals surface area contributed by atoms with E-state index < -0.39 is 11.7 Å². The van der Waals surface area contributed by atoms with Crippen molar-refractivity contribution < 1.29 is 17.6 Å². The lowest BCUT2D eigenvalue weighted by Crippen LogP contribution is -2.10. The van der Waals surface area contributed by atoms with Crippen molar-refractivity contribution >= 4 is 11.0 Å². The van der Waals surface area contributed by atoms with E-state index in [0.29, 0.717) is 5.39 Å². The summed E-state index contributed by atoms with van der Waals surface area (Å²) in [5, 5.41) is 0.535. The van der Waals surface area contributed by atoms with Crippen LogP contribution in [0.3, 0.4) is 0 Å². The summed E-state index contributed by atoms with van der Waals surface area (Å²) in [6.45, 7) is 5.83. The van der Waals surface area contributed by atoms with Gasteiger partial charge in [-0.2, -0.15) is 13.2 Å². The van der Waals surface area contributed by atoms with E-state index in [0.717, 1.165) is 11.6 Å². The molecular weight excluding hydrogens is 229 g/mol. The topological polar surface area (TPSA) is 13.1 Å². The molecule has 1 aromatic heterocycles. The number of alkyl halides is 3. The minimum atomic E-state index is -4.38. The Labute approximate surface area is 97.2 Å². The maximum absolute atomic E-state index is 12.8. The Bertz CT molecular complexity index is 544. The van der Waals surface area contributed by atoms with Crippen LogP contribution in [0.1, 0.15) is 31.9 Å². The van der Waals surface area contributed by atoms with Crippen LogP contribution in [0.4, 0.5) is 13.2 Å². The molecule has 0 saturated carbocycles. The lowest BCUT2D eigenvalue weighted by molar-refractivity contribution is -0.136. The van der Waals surface area contributed by atoms with E-state index in [4.69, 9.17) is 4.42 Å². The standard InChI is InChI=1S/C13H13F3O/c1-12(2,3)10-7-17-11-8(10)5-4-6-9(11)13(14,15)16/h4-7H,1-3H3. The fourth-order valence-corrected chi connectivity index (χ4v) is 1.86. The van der Waals surface area contributed by atoms with E-state index >= 15 is 0 Å². The van der Waals surface area contributed by atoms with Crippen molar-refractivity contribution in [2.75, 3.05) is 0 Å². The summed E-state index contributed by atoms with van der Waals surface area (Å²) in [5.41, 5.74) is -0.246. The van der Waals surface area contributed by atoms with Gasteiger partial charge in [-0.15, -0.1) is 0 Å². The van der Waals surface area contributed by atoms with Crippen LogP contribution in [0.2, 0.25) is 0 Å². The molecule has 0 fully saturated rings. The highest BCUT2D eigenvalue weighted by molar-refractivity contribution is 5.85. The number of fused-ring (bicyclic) bond motifs is 1. The van der Waals surface area contributed by atoms with Gasteiger partial charge in [-0.25, -0.2) is 0 Å². The lowest BCUT2D eigenvalue weighted by Gasteiger charge is -2.16. The maximum Gasteiger partial charge on any atom is 0.420 e. The van der Waals surface area contributed by atoms with Gasteiger partial charge in [0.1, 0.15) is 5.58 Å². The largest absolute Gasteiger partial charge is 0.463 e. The van der Waals surface area contributed by atoms with Crippen LogP contribution in [-0.4, -0.2) is 0 Å². The quantitative estimate of drug-likeness (QED) is 0.649. The molecule has 0 bridgehead atoms. The van der Waals surface area contributed by atoms with Gasteiger partial charge in [0.05, 0.1) is 11.8 Å². The summed E-state index contributed by atoms with van der Waals surface area (Å²) in [7, 11) is 0. The van der Waals surface area contributed by atoms with Crippen LogP contribution in [0.15, 0.2) is 28.9 Å². The maximum atomic E-state index is 12.8. The summed E-state index contributed by atoms with van der Waals surface area (Å²) in [6, 6.07) is 4.11. The molecule has 0 atom stereocenters. The van der Waals surface area contributed by atoms with Crippen molar-refractivity contribution in [2.45, 2.75) is 32.4 Å². The van der Waals surface area contributed by atoms with Crippen LogP contribution in [0.25, 0.3) is 11.0 Å². The molecule has 0 unspecified atom stereocenters. The fourth-order valence-electron chi connectivity index (χ4n) is 1.86. The average molecular weight is 242 g/mol. The Morgan fingerprint density at radius 3 is 2.18 bits per heavy atom. The van der Waals surface area contributed by atoms with Crippen LogP contribution in [-0.2, 0) is 11.6 Å². The average Bonchev–Trinajstić information content (AvgIpc) is 2.57. The van der Waals surface area contributed by atoms with Crippen molar-refractivity contribution in [3.05, 3.63) is 35.6 Å². The van der Waals surface area contributed by atoms with Crippen molar-refractivity contribution in [1.82, 2.24) is 0 Å². The number of halogens is 3. The van der Waals surface area contributed by atoms with Crippen LogP contribution >= 0.6 is 0 Å². The first-order valence-corrected chi connectivity index (χ1v) is 5.29. The van der Waals surface area contributed by atoms with Crippen molar-refractivity contribution in [3.63, 3.8) is 0 Å². The van der Waals surface area contributed by atoms with Gasteiger partial charge in [-0.05, 0) is 11.5 Å². The number of furan rings is 1. The van der Waals surface area contributed by atoms with Crippen LogP contribution in [0, 0.1) is 0 Å². The molecular formula is C13H13F3O. The monoisotopic (exact) mass is 242 g/mol. The molecule has 0 amide bonds. The minimum Gasteiger partial charge on any atom is -0.463 e. The summed E-state index contributed by atoms with van der Waals surface area (Å²) >= 11 is 0. The van der Waals surface area contributed by atoms with Gasteiger partial charge >= 0.3 is 6.18 Å². The Morgan fingerprint density at radius 2 is 1.65 bits per heavy atom. The molecule has 2 aromatic rings. The molecule has 1 aromatic carbocycles. The molecule has 4 heteroatoms. The van der Waals surface area contributed by atoms with Gasteiger partial charge in [0, 0.05) is 10.9 Å². The molecule has 1 nitrogen and oxygen atoms in total. The second kappa shape index (κ2) is 3.52. The highest BCUT2D eigenvalue weighted by Gasteiger charge is 2.35. The lowest BCUT2D eigenvalue weighted by atomic mass is 9.86. The third-order valence-electron chi connectivity index (χ3n) is 2.71. The summed E-state index contributed by atoms with van der Waals surface area (Å²) in [5.74, 6) is 0. The molecule has 0 aliphatic carbocycles. The SMILES string of the molecule is CC(C)(C)c1coc2c(C(F)(F)F)cccc12. The predicted molar refractivity (Wildman–Crippen MR) is 59.9 cm³/mol. The van der Waals surface area contributed by atoms with Crippen molar-refractivity contribution in [3.8, 4) is 0 Å². The van der Waals surface area contributed by atoms with E-state index in [9.17, 15) is 13.2 Å². The summed E-state index contributed by atoms with van der Waals surface area (Å²) in [4.78, 5) is 0. The number of para-hydroxylation sites is 1. The van der Waals surface area contributed by atoms with Crippen molar-refractivity contribution in [1.29, 1.82) is 0 Å². The molecule has 0 aliphatic rings. The van der Waals surface area contributed by atoms with Gasteiger partial charge in [0.15, 0.2) is 0 Å². The number of hydrogen-bond acceptors (Lipinski definition) is 1. The first kappa shape index (κ1) is 12.0. The first-order valence-electron chi connectivity index (χ1n) is 5.29. The smallest absolute Gasteiger partial charge is 0.420 e. The van der Waals surface area contributed by atoms with Gasteiger partial charge in [-0.3, -0.25) is 0 Å². The summed E-state index contributed by atoms with van der Waals surface area (Å²) < 4.78 is 43.4. The van der Waals surface area contributed by atoms with E-state index in [2.05, 4.69) is 0 Å². The Hall–Kier alpha value is -1.45. The zero-order chi connectivity index (χ0) is 12.8. The first-order chi connectivity index (χ1) is 7.71. The molecule has 0 spiro atoms. The molecule has 0 saturated heterocycles. The van der Waals surface area contributed by atoms with Crippen LogP contribution in [0.5, 0.6) is 0 Å². The molecule has 17 heavy (non-hydrogen) atoms.